The van der Waals surface area contributed by atoms with E-state index in [1.54, 1.807) is 0 Å². The van der Waals surface area contributed by atoms with Crippen LogP contribution in [0, 0.1) is 5.92 Å². The van der Waals surface area contributed by atoms with Crippen LogP contribution in [-0.4, -0.2) is 23.0 Å². The summed E-state index contributed by atoms with van der Waals surface area (Å²) in [5, 5.41) is 9.61. The van der Waals surface area contributed by atoms with Crippen LogP contribution in [0.1, 0.15) is 39.0 Å². The van der Waals surface area contributed by atoms with Crippen LogP contribution in [0.3, 0.4) is 0 Å². The number of ether oxygens (including phenoxy) is 1. The number of aliphatic hydroxyl groups excluding tert-OH is 1. The Morgan fingerprint density at radius 3 is 2.81 bits per heavy atom. The Morgan fingerprint density at radius 2 is 2.06 bits per heavy atom. The van der Waals surface area contributed by atoms with E-state index in [9.17, 15) is 14.7 Å². The van der Waals surface area contributed by atoms with Gasteiger partial charge in [-0.1, -0.05) is 0 Å². The summed E-state index contributed by atoms with van der Waals surface area (Å²) in [7, 11) is 0. The van der Waals surface area contributed by atoms with Crippen LogP contribution in [0.5, 0.6) is 0 Å². The van der Waals surface area contributed by atoms with Crippen molar-refractivity contribution in [2.24, 2.45) is 5.92 Å². The lowest BCUT2D eigenvalue weighted by Gasteiger charge is -2.14. The lowest BCUT2D eigenvalue weighted by Crippen LogP contribution is -2.22. The monoisotopic (exact) mass is 224 g/mol. The zero-order valence-corrected chi connectivity index (χ0v) is 9.36. The smallest absolute Gasteiger partial charge is 0.313 e. The van der Waals surface area contributed by atoms with Crippen molar-refractivity contribution in [3.8, 4) is 0 Å². The second kappa shape index (κ2) is 4.28. The van der Waals surface area contributed by atoms with Gasteiger partial charge >= 0.3 is 5.97 Å². The van der Waals surface area contributed by atoms with Crippen molar-refractivity contribution in [3.05, 3.63) is 11.3 Å². The average Bonchev–Trinajstić information content (AvgIpc) is 2.53. The standard InChI is InChI=1S/C12H16O4/c1-7-4-2-3-5-8-9(12(15)16-7)6-10(13)11(8)14/h7,9,14H,2-6H2,1H3/t7-,9-/m1/s1. The highest BCUT2D eigenvalue weighted by Crippen LogP contribution is 2.34. The molecule has 2 aliphatic rings. The predicted molar refractivity (Wildman–Crippen MR) is 56.8 cm³/mol. The lowest BCUT2D eigenvalue weighted by atomic mass is 9.97. The summed E-state index contributed by atoms with van der Waals surface area (Å²) in [6.07, 6.45) is 3.30. The number of hydrogen-bond acceptors (Lipinski definition) is 4. The molecule has 0 saturated carbocycles. The van der Waals surface area contributed by atoms with Crippen molar-refractivity contribution in [1.82, 2.24) is 0 Å². The Morgan fingerprint density at radius 1 is 1.31 bits per heavy atom. The molecular weight excluding hydrogens is 208 g/mol. The summed E-state index contributed by atoms with van der Waals surface area (Å²) >= 11 is 0. The van der Waals surface area contributed by atoms with Gasteiger partial charge in [0.15, 0.2) is 11.5 Å². The molecule has 0 radical (unpaired) electrons. The van der Waals surface area contributed by atoms with Crippen molar-refractivity contribution in [3.63, 3.8) is 0 Å². The summed E-state index contributed by atoms with van der Waals surface area (Å²) in [6, 6.07) is 0. The van der Waals surface area contributed by atoms with E-state index in [0.29, 0.717) is 12.0 Å². The number of cyclic esters (lactones) is 1. The maximum atomic E-state index is 11.8. The fourth-order valence-corrected chi connectivity index (χ4v) is 2.35. The number of carbonyl (C=O) groups is 2. The summed E-state index contributed by atoms with van der Waals surface area (Å²) < 4.78 is 5.25. The molecule has 0 unspecified atom stereocenters. The number of aliphatic hydroxyl groups is 1. The third-order valence-corrected chi connectivity index (χ3v) is 3.29. The first-order chi connectivity index (χ1) is 7.59. The molecule has 0 amide bonds. The van der Waals surface area contributed by atoms with E-state index in [-0.39, 0.29) is 30.0 Å². The second-order valence-corrected chi connectivity index (χ2v) is 4.55. The highest BCUT2D eigenvalue weighted by molar-refractivity contribution is 6.01. The molecule has 0 aromatic rings. The maximum Gasteiger partial charge on any atom is 0.313 e. The fourth-order valence-electron chi connectivity index (χ4n) is 2.35. The molecule has 1 N–H and O–H groups in total. The van der Waals surface area contributed by atoms with E-state index in [1.165, 1.54) is 0 Å². The van der Waals surface area contributed by atoms with E-state index in [1.807, 2.05) is 6.92 Å². The zero-order chi connectivity index (χ0) is 11.7. The van der Waals surface area contributed by atoms with Crippen LogP contribution >= 0.6 is 0 Å². The third kappa shape index (κ3) is 1.96. The minimum absolute atomic E-state index is 0.0761. The number of allylic oxidation sites excluding steroid dienone is 1. The molecule has 1 aliphatic carbocycles. The molecule has 1 saturated heterocycles. The van der Waals surface area contributed by atoms with Gasteiger partial charge in [0.2, 0.25) is 0 Å². The molecule has 2 rings (SSSR count). The molecule has 1 heterocycles. The van der Waals surface area contributed by atoms with E-state index in [0.717, 1.165) is 19.3 Å². The van der Waals surface area contributed by atoms with Gasteiger partial charge in [-0.25, -0.2) is 0 Å². The topological polar surface area (TPSA) is 63.6 Å². The van der Waals surface area contributed by atoms with Crippen molar-refractivity contribution in [1.29, 1.82) is 0 Å². The van der Waals surface area contributed by atoms with Gasteiger partial charge in [-0.05, 0) is 38.2 Å². The molecule has 0 aromatic heterocycles. The van der Waals surface area contributed by atoms with Gasteiger partial charge < -0.3 is 9.84 Å². The number of esters is 1. The Bertz CT molecular complexity index is 356. The minimum atomic E-state index is -0.534. The summed E-state index contributed by atoms with van der Waals surface area (Å²) in [6.45, 7) is 1.86. The Hall–Kier alpha value is -1.32. The Labute approximate surface area is 94.3 Å². The number of Topliss-reactive ketones (excluding diaryl/α,β-unsaturated/α-hetero) is 1. The van der Waals surface area contributed by atoms with Crippen molar-refractivity contribution in [2.75, 3.05) is 0 Å². The first-order valence-corrected chi connectivity index (χ1v) is 5.75. The van der Waals surface area contributed by atoms with Gasteiger partial charge in [0.25, 0.3) is 0 Å². The summed E-state index contributed by atoms with van der Waals surface area (Å²) in [5.74, 6) is -1.42. The number of rotatable bonds is 0. The van der Waals surface area contributed by atoms with Gasteiger partial charge in [0.05, 0.1) is 12.0 Å². The molecule has 4 heteroatoms. The molecule has 2 atom stereocenters. The molecule has 0 bridgehead atoms. The highest BCUT2D eigenvalue weighted by Gasteiger charge is 2.38. The zero-order valence-electron chi connectivity index (χ0n) is 9.36. The predicted octanol–water partition coefficient (Wildman–Crippen LogP) is 1.89. The molecule has 0 spiro atoms. The highest BCUT2D eigenvalue weighted by atomic mass is 16.5. The van der Waals surface area contributed by atoms with Gasteiger partial charge in [-0.3, -0.25) is 9.59 Å². The summed E-state index contributed by atoms with van der Waals surface area (Å²) in [4.78, 5) is 23.1. The maximum absolute atomic E-state index is 11.8. The molecule has 1 aliphatic heterocycles. The van der Waals surface area contributed by atoms with Crippen molar-refractivity contribution < 1.29 is 19.4 Å². The first kappa shape index (κ1) is 11.2. The van der Waals surface area contributed by atoms with Gasteiger partial charge in [0, 0.05) is 6.42 Å². The average molecular weight is 224 g/mol. The molecule has 0 aromatic carbocycles. The van der Waals surface area contributed by atoms with Crippen LogP contribution in [0.4, 0.5) is 0 Å². The number of fused-ring (bicyclic) bond motifs is 1. The van der Waals surface area contributed by atoms with Gasteiger partial charge in [-0.2, -0.15) is 0 Å². The minimum Gasteiger partial charge on any atom is -0.504 e. The second-order valence-electron chi connectivity index (χ2n) is 4.55. The largest absolute Gasteiger partial charge is 0.504 e. The van der Waals surface area contributed by atoms with E-state index in [4.69, 9.17) is 4.74 Å². The molecule has 4 nitrogen and oxygen atoms in total. The number of ketones is 1. The van der Waals surface area contributed by atoms with Crippen molar-refractivity contribution >= 4 is 11.8 Å². The molecule has 16 heavy (non-hydrogen) atoms. The molecular formula is C12H16O4. The van der Waals surface area contributed by atoms with Gasteiger partial charge in [0.1, 0.15) is 0 Å². The van der Waals surface area contributed by atoms with E-state index < -0.39 is 5.92 Å². The van der Waals surface area contributed by atoms with Crippen LogP contribution in [0.2, 0.25) is 0 Å². The molecule has 1 fully saturated rings. The number of carbonyl (C=O) groups excluding carboxylic acids is 2. The van der Waals surface area contributed by atoms with Crippen LogP contribution in [0.25, 0.3) is 0 Å². The molecule has 88 valence electrons. The lowest BCUT2D eigenvalue weighted by molar-refractivity contribution is -0.152. The SMILES string of the molecule is C[C@@H]1CCCCC2=C(O)C(=O)C[C@H]2C(=O)O1. The summed E-state index contributed by atoms with van der Waals surface area (Å²) in [5.41, 5.74) is 0.587. The van der Waals surface area contributed by atoms with Crippen LogP contribution in [0.15, 0.2) is 11.3 Å². The van der Waals surface area contributed by atoms with E-state index in [2.05, 4.69) is 0 Å². The first-order valence-electron chi connectivity index (χ1n) is 5.75. The normalized spacial score (nSPS) is 31.6. The van der Waals surface area contributed by atoms with Gasteiger partial charge in [-0.15, -0.1) is 0 Å². The Balaban J connectivity index is 2.25. The van der Waals surface area contributed by atoms with Crippen molar-refractivity contribution in [2.45, 2.75) is 45.1 Å². The number of hydrogen-bond donors (Lipinski definition) is 1. The fraction of sp³-hybridized carbons (Fsp3) is 0.667. The quantitative estimate of drug-likeness (QED) is 0.638. The Kier molecular flexibility index (Phi) is 2.99. The third-order valence-electron chi connectivity index (χ3n) is 3.29. The van der Waals surface area contributed by atoms with Crippen LogP contribution < -0.4 is 0 Å². The van der Waals surface area contributed by atoms with Crippen LogP contribution in [-0.2, 0) is 14.3 Å². The van der Waals surface area contributed by atoms with E-state index >= 15 is 0 Å².